The van der Waals surface area contributed by atoms with E-state index in [9.17, 15) is 0 Å². The van der Waals surface area contributed by atoms with Crippen molar-refractivity contribution in [2.24, 2.45) is 14.1 Å². The highest BCUT2D eigenvalue weighted by atomic mass is 15.0. The Bertz CT molecular complexity index is 846. The summed E-state index contributed by atoms with van der Waals surface area (Å²) < 4.78 is 4.02. The molecule has 0 fully saturated rings. The summed E-state index contributed by atoms with van der Waals surface area (Å²) >= 11 is 0. The molecule has 152 valence electrons. The summed E-state index contributed by atoms with van der Waals surface area (Å²) in [6.45, 7) is 4.42. The average molecular weight is 389 g/mol. The molecule has 0 atom stereocenters. The average Bonchev–Trinajstić information content (AvgIpc) is 3.39. The lowest BCUT2D eigenvalue weighted by Crippen LogP contribution is -1.89. The van der Waals surface area contributed by atoms with Crippen molar-refractivity contribution in [2.75, 3.05) is 0 Å². The van der Waals surface area contributed by atoms with Gasteiger partial charge in [0.1, 0.15) is 11.6 Å². The van der Waals surface area contributed by atoms with Gasteiger partial charge in [-0.05, 0) is 0 Å². The van der Waals surface area contributed by atoms with Gasteiger partial charge in [0, 0.05) is 50.0 Å². The van der Waals surface area contributed by atoms with E-state index in [0.717, 1.165) is 22.8 Å². The molecule has 0 amide bonds. The minimum atomic E-state index is 1.01. The minimum Gasteiger partial charge on any atom is -0.334 e. The normalized spacial score (nSPS) is 9.79. The van der Waals surface area contributed by atoms with Crippen molar-refractivity contribution in [1.82, 2.24) is 19.1 Å². The van der Waals surface area contributed by atoms with Crippen molar-refractivity contribution in [2.45, 2.75) is 33.1 Å². The molecule has 0 bridgehead atoms. The lowest BCUT2D eigenvalue weighted by molar-refractivity contribution is 0.772. The molecule has 0 saturated heterocycles. The van der Waals surface area contributed by atoms with Gasteiger partial charge in [-0.3, -0.25) is 0 Å². The van der Waals surface area contributed by atoms with Gasteiger partial charge >= 0.3 is 0 Å². The summed E-state index contributed by atoms with van der Waals surface area (Å²) in [6.07, 6.45) is 11.6. The molecule has 2 aromatic carbocycles. The molecule has 4 nitrogen and oxygen atoms in total. The molecule has 0 unspecified atom stereocenters. The van der Waals surface area contributed by atoms with E-state index in [4.69, 9.17) is 0 Å². The zero-order valence-corrected chi connectivity index (χ0v) is 18.0. The Morgan fingerprint density at radius 3 is 1.24 bits per heavy atom. The molecule has 0 aliphatic carbocycles. The zero-order chi connectivity index (χ0) is 20.9. The Kier molecular flexibility index (Phi) is 9.43. The van der Waals surface area contributed by atoms with Crippen LogP contribution in [0.2, 0.25) is 0 Å². The van der Waals surface area contributed by atoms with Crippen LogP contribution in [0.3, 0.4) is 0 Å². The Morgan fingerprint density at radius 1 is 0.621 bits per heavy atom. The molecule has 4 rings (SSSR count). The number of unbranched alkanes of at least 4 members (excludes halogenated alkanes) is 2. The molecule has 4 heteroatoms. The number of hydrogen-bond donors (Lipinski definition) is 0. The monoisotopic (exact) mass is 388 g/mol. The Labute approximate surface area is 174 Å². The van der Waals surface area contributed by atoms with Gasteiger partial charge in [-0.25, -0.2) is 9.97 Å². The van der Waals surface area contributed by atoms with Gasteiger partial charge in [-0.2, -0.15) is 0 Å². The van der Waals surface area contributed by atoms with E-state index in [1.54, 1.807) is 0 Å². The summed E-state index contributed by atoms with van der Waals surface area (Å²) in [4.78, 5) is 8.50. The molecule has 0 aliphatic rings. The fraction of sp³-hybridized carbons (Fsp3) is 0.280. The van der Waals surface area contributed by atoms with Gasteiger partial charge in [0.15, 0.2) is 0 Å². The first-order chi connectivity index (χ1) is 14.2. The molecule has 0 aliphatic heterocycles. The van der Waals surface area contributed by atoms with Crippen LogP contribution in [-0.2, 0) is 14.1 Å². The van der Waals surface area contributed by atoms with E-state index in [-0.39, 0.29) is 0 Å². The Balaban J connectivity index is 0.000000170. The van der Waals surface area contributed by atoms with Crippen molar-refractivity contribution in [3.63, 3.8) is 0 Å². The van der Waals surface area contributed by atoms with Crippen molar-refractivity contribution in [1.29, 1.82) is 0 Å². The summed E-state index contributed by atoms with van der Waals surface area (Å²) in [5.74, 6) is 2.02. The van der Waals surface area contributed by atoms with Crippen LogP contribution in [0.1, 0.15) is 33.1 Å². The Hall–Kier alpha value is -3.14. The SMILES string of the molecule is CCCCC.Cn1ccnc1-c1ccccc1.Cn1ccnc1-c1ccccc1. The summed E-state index contributed by atoms with van der Waals surface area (Å²) in [5, 5.41) is 0. The first-order valence-electron chi connectivity index (χ1n) is 10.2. The maximum absolute atomic E-state index is 4.25. The van der Waals surface area contributed by atoms with Gasteiger partial charge < -0.3 is 9.13 Å². The van der Waals surface area contributed by atoms with Crippen molar-refractivity contribution in [3.05, 3.63) is 85.5 Å². The second-order valence-electron chi connectivity index (χ2n) is 6.81. The van der Waals surface area contributed by atoms with Crippen LogP contribution < -0.4 is 0 Å². The fourth-order valence-corrected chi connectivity index (χ4v) is 2.82. The summed E-state index contributed by atoms with van der Waals surface area (Å²) in [5.41, 5.74) is 2.31. The van der Waals surface area contributed by atoms with E-state index in [0.29, 0.717) is 0 Å². The van der Waals surface area contributed by atoms with Gasteiger partial charge in [0.05, 0.1) is 0 Å². The predicted molar refractivity (Wildman–Crippen MR) is 122 cm³/mol. The zero-order valence-electron chi connectivity index (χ0n) is 18.0. The third-order valence-corrected chi connectivity index (χ3v) is 4.41. The molecule has 0 radical (unpaired) electrons. The molecule has 29 heavy (non-hydrogen) atoms. The van der Waals surface area contributed by atoms with Gasteiger partial charge in [-0.1, -0.05) is 93.8 Å². The number of nitrogens with zero attached hydrogens (tertiary/aromatic N) is 4. The number of hydrogen-bond acceptors (Lipinski definition) is 2. The van der Waals surface area contributed by atoms with Gasteiger partial charge in [-0.15, -0.1) is 0 Å². The third kappa shape index (κ3) is 7.07. The highest BCUT2D eigenvalue weighted by Crippen LogP contribution is 2.15. The molecular weight excluding hydrogens is 356 g/mol. The van der Waals surface area contributed by atoms with Crippen LogP contribution >= 0.6 is 0 Å². The van der Waals surface area contributed by atoms with Crippen LogP contribution in [0.5, 0.6) is 0 Å². The lowest BCUT2D eigenvalue weighted by Gasteiger charge is -1.99. The third-order valence-electron chi connectivity index (χ3n) is 4.41. The molecule has 4 aromatic rings. The maximum atomic E-state index is 4.25. The first kappa shape index (κ1) is 22.2. The second kappa shape index (κ2) is 12.3. The minimum absolute atomic E-state index is 1.01. The van der Waals surface area contributed by atoms with Crippen LogP contribution in [0.25, 0.3) is 22.8 Å². The van der Waals surface area contributed by atoms with Crippen LogP contribution in [0, 0.1) is 0 Å². The van der Waals surface area contributed by atoms with Crippen molar-refractivity contribution in [3.8, 4) is 22.8 Å². The first-order valence-corrected chi connectivity index (χ1v) is 10.2. The lowest BCUT2D eigenvalue weighted by atomic mass is 10.2. The molecule has 0 N–H and O–H groups in total. The highest BCUT2D eigenvalue weighted by Gasteiger charge is 2.00. The van der Waals surface area contributed by atoms with E-state index in [2.05, 4.69) is 48.1 Å². The summed E-state index contributed by atoms with van der Waals surface area (Å²) in [7, 11) is 3.99. The Morgan fingerprint density at radius 2 is 1.00 bits per heavy atom. The standard InChI is InChI=1S/2C10H10N2.C5H12/c2*1-12-8-7-11-10(12)9-5-3-2-4-6-9;1-3-5-4-2/h2*2-8H,1H3;3-5H2,1-2H3. The predicted octanol–water partition coefficient (Wildman–Crippen LogP) is 6.37. The quantitative estimate of drug-likeness (QED) is 0.407. The molecular formula is C25H32N4. The molecule has 0 spiro atoms. The molecule has 2 heterocycles. The summed E-state index contributed by atoms with van der Waals surface area (Å²) in [6, 6.07) is 20.3. The van der Waals surface area contributed by atoms with E-state index in [1.807, 2.05) is 84.4 Å². The second-order valence-corrected chi connectivity index (χ2v) is 6.81. The number of aryl methyl sites for hydroxylation is 2. The highest BCUT2D eigenvalue weighted by molar-refractivity contribution is 5.55. The fourth-order valence-electron chi connectivity index (χ4n) is 2.82. The van der Waals surface area contributed by atoms with Crippen LogP contribution in [-0.4, -0.2) is 19.1 Å². The van der Waals surface area contributed by atoms with Crippen LogP contribution in [0.15, 0.2) is 85.5 Å². The van der Waals surface area contributed by atoms with Gasteiger partial charge in [0.25, 0.3) is 0 Å². The van der Waals surface area contributed by atoms with Crippen molar-refractivity contribution < 1.29 is 0 Å². The topological polar surface area (TPSA) is 35.6 Å². The number of benzene rings is 2. The number of aromatic nitrogens is 4. The number of imidazole rings is 2. The van der Waals surface area contributed by atoms with E-state index < -0.39 is 0 Å². The van der Waals surface area contributed by atoms with Crippen molar-refractivity contribution >= 4 is 0 Å². The maximum Gasteiger partial charge on any atom is 0.139 e. The van der Waals surface area contributed by atoms with E-state index in [1.165, 1.54) is 19.3 Å². The van der Waals surface area contributed by atoms with Crippen LogP contribution in [0.4, 0.5) is 0 Å². The smallest absolute Gasteiger partial charge is 0.139 e. The largest absolute Gasteiger partial charge is 0.334 e. The number of rotatable bonds is 4. The van der Waals surface area contributed by atoms with Gasteiger partial charge in [0.2, 0.25) is 0 Å². The molecule has 0 saturated carbocycles. The molecule has 2 aromatic heterocycles. The van der Waals surface area contributed by atoms with E-state index >= 15 is 0 Å².